The summed E-state index contributed by atoms with van der Waals surface area (Å²) in [6, 6.07) is 10.5. The number of anilines is 1. The molecule has 3 aromatic rings. The van der Waals surface area contributed by atoms with Crippen LogP contribution in [0, 0.1) is 27.7 Å². The fraction of sp³-hybridized carbons (Fsp3) is 0.235. The zero-order valence-corrected chi connectivity index (χ0v) is 15.3. The molecule has 0 radical (unpaired) electrons. The molecule has 1 N–H and O–H groups in total. The molecule has 0 spiro atoms. The maximum atomic E-state index is 12.7. The van der Waals surface area contributed by atoms with Crippen LogP contribution in [0.15, 0.2) is 41.3 Å². The lowest BCUT2D eigenvalue weighted by molar-refractivity contribution is 0.600. The predicted molar refractivity (Wildman–Crippen MR) is 95.4 cm³/mol. The van der Waals surface area contributed by atoms with Gasteiger partial charge in [0.1, 0.15) is 0 Å². The Kier molecular flexibility index (Phi) is 4.30. The van der Waals surface area contributed by atoms with Crippen molar-refractivity contribution in [3.8, 4) is 5.69 Å². The largest absolute Gasteiger partial charge is 0.280 e. The van der Waals surface area contributed by atoms with Crippen molar-refractivity contribution in [1.29, 1.82) is 0 Å². The Morgan fingerprint density at radius 2 is 1.72 bits per heavy atom. The van der Waals surface area contributed by atoms with E-state index in [1.807, 2.05) is 26.0 Å². The van der Waals surface area contributed by atoms with Crippen LogP contribution in [0.5, 0.6) is 0 Å². The van der Waals surface area contributed by atoms with Crippen molar-refractivity contribution in [2.24, 2.45) is 0 Å². The maximum Gasteiger partial charge on any atom is 0.262 e. The molecule has 130 valence electrons. The molecule has 0 fully saturated rings. The van der Waals surface area contributed by atoms with Gasteiger partial charge in [-0.05, 0) is 67.4 Å². The van der Waals surface area contributed by atoms with Gasteiger partial charge in [-0.3, -0.25) is 4.72 Å². The van der Waals surface area contributed by atoms with Gasteiger partial charge in [-0.2, -0.15) is 4.68 Å². The zero-order valence-electron chi connectivity index (χ0n) is 14.5. The summed E-state index contributed by atoms with van der Waals surface area (Å²) in [6.07, 6.45) is 0. The van der Waals surface area contributed by atoms with Gasteiger partial charge in [0.25, 0.3) is 10.0 Å². The second-order valence-electron chi connectivity index (χ2n) is 6.01. The lowest BCUT2D eigenvalue weighted by Crippen LogP contribution is -2.15. The smallest absolute Gasteiger partial charge is 0.262 e. The van der Waals surface area contributed by atoms with Crippen molar-refractivity contribution < 1.29 is 8.42 Å². The molecule has 0 saturated carbocycles. The number of sulfonamides is 1. The van der Waals surface area contributed by atoms with Crippen LogP contribution >= 0.6 is 0 Å². The van der Waals surface area contributed by atoms with Gasteiger partial charge in [-0.1, -0.05) is 23.8 Å². The summed E-state index contributed by atoms with van der Waals surface area (Å²) in [7, 11) is -3.68. The standard InChI is InChI=1S/C17H19N5O2S/c1-11-5-8-17(13(3)9-11)25(23,24)19-15-7-6-12(2)16(10-15)22-14(4)18-20-21-22/h5-10,19H,1-4H3. The normalized spacial score (nSPS) is 11.5. The van der Waals surface area contributed by atoms with Crippen LogP contribution in [0.2, 0.25) is 0 Å². The monoisotopic (exact) mass is 357 g/mol. The van der Waals surface area contributed by atoms with E-state index in [1.54, 1.807) is 42.8 Å². The first-order valence-corrected chi connectivity index (χ1v) is 9.22. The molecule has 0 amide bonds. The highest BCUT2D eigenvalue weighted by atomic mass is 32.2. The SMILES string of the molecule is Cc1ccc(S(=O)(=O)Nc2ccc(C)c(-n3nnnc3C)c2)c(C)c1. The van der Waals surface area contributed by atoms with Crippen molar-refractivity contribution in [3.63, 3.8) is 0 Å². The third-order valence-electron chi connectivity index (χ3n) is 3.93. The van der Waals surface area contributed by atoms with Crippen LogP contribution in [-0.4, -0.2) is 28.6 Å². The molecule has 3 rings (SSSR count). The summed E-state index contributed by atoms with van der Waals surface area (Å²) < 4.78 is 29.7. The van der Waals surface area contributed by atoms with Crippen molar-refractivity contribution >= 4 is 15.7 Å². The molecule has 1 heterocycles. The molecule has 7 nitrogen and oxygen atoms in total. The summed E-state index contributed by atoms with van der Waals surface area (Å²) >= 11 is 0. The Bertz CT molecular complexity index is 1040. The second-order valence-corrected chi connectivity index (χ2v) is 7.66. The number of aromatic nitrogens is 4. The number of hydrogen-bond acceptors (Lipinski definition) is 5. The van der Waals surface area contributed by atoms with Crippen molar-refractivity contribution in [3.05, 3.63) is 58.9 Å². The summed E-state index contributed by atoms with van der Waals surface area (Å²) in [6.45, 7) is 7.41. The quantitative estimate of drug-likeness (QED) is 0.775. The Balaban J connectivity index is 1.99. The van der Waals surface area contributed by atoms with E-state index in [-0.39, 0.29) is 4.90 Å². The highest BCUT2D eigenvalue weighted by Crippen LogP contribution is 2.24. The third kappa shape index (κ3) is 3.39. The molecule has 0 unspecified atom stereocenters. The molecule has 0 aliphatic heterocycles. The lowest BCUT2D eigenvalue weighted by atomic mass is 10.2. The van der Waals surface area contributed by atoms with Gasteiger partial charge in [0, 0.05) is 0 Å². The summed E-state index contributed by atoms with van der Waals surface area (Å²) in [5, 5.41) is 11.4. The van der Waals surface area contributed by atoms with E-state index >= 15 is 0 Å². The van der Waals surface area contributed by atoms with Gasteiger partial charge >= 0.3 is 0 Å². The van der Waals surface area contributed by atoms with Crippen LogP contribution in [0.4, 0.5) is 5.69 Å². The first kappa shape index (κ1) is 17.1. The van der Waals surface area contributed by atoms with E-state index in [0.717, 1.165) is 16.8 Å². The van der Waals surface area contributed by atoms with Crippen LogP contribution in [0.1, 0.15) is 22.5 Å². The Hall–Kier alpha value is -2.74. The molecule has 0 aliphatic carbocycles. The maximum absolute atomic E-state index is 12.7. The highest BCUT2D eigenvalue weighted by Gasteiger charge is 2.18. The number of nitrogens with zero attached hydrogens (tertiary/aromatic N) is 4. The van der Waals surface area contributed by atoms with Crippen molar-refractivity contribution in [2.75, 3.05) is 4.72 Å². The van der Waals surface area contributed by atoms with Crippen molar-refractivity contribution in [2.45, 2.75) is 32.6 Å². The average molecular weight is 357 g/mol. The summed E-state index contributed by atoms with van der Waals surface area (Å²) in [5.74, 6) is 0.623. The van der Waals surface area contributed by atoms with E-state index in [0.29, 0.717) is 17.1 Å². The Morgan fingerprint density at radius 1 is 0.960 bits per heavy atom. The number of rotatable bonds is 4. The molecular weight excluding hydrogens is 338 g/mol. The Labute approximate surface area is 146 Å². The minimum Gasteiger partial charge on any atom is -0.280 e. The average Bonchev–Trinajstić information content (AvgIpc) is 2.94. The molecule has 1 aromatic heterocycles. The van der Waals surface area contributed by atoms with Crippen LogP contribution in [-0.2, 0) is 10.0 Å². The number of aryl methyl sites for hydroxylation is 4. The fourth-order valence-electron chi connectivity index (χ4n) is 2.67. The molecular formula is C17H19N5O2S. The van der Waals surface area contributed by atoms with E-state index in [9.17, 15) is 8.42 Å². The number of nitrogens with one attached hydrogen (secondary N) is 1. The molecule has 25 heavy (non-hydrogen) atoms. The summed E-state index contributed by atoms with van der Waals surface area (Å²) in [5.41, 5.74) is 3.84. The molecule has 8 heteroatoms. The van der Waals surface area contributed by atoms with Crippen molar-refractivity contribution in [1.82, 2.24) is 20.2 Å². The highest BCUT2D eigenvalue weighted by molar-refractivity contribution is 7.92. The lowest BCUT2D eigenvalue weighted by Gasteiger charge is -2.13. The molecule has 0 aliphatic rings. The zero-order chi connectivity index (χ0) is 18.2. The first-order chi connectivity index (χ1) is 11.8. The molecule has 0 saturated heterocycles. The summed E-state index contributed by atoms with van der Waals surface area (Å²) in [4.78, 5) is 0.263. The van der Waals surface area contributed by atoms with E-state index < -0.39 is 10.0 Å². The third-order valence-corrected chi connectivity index (χ3v) is 5.48. The first-order valence-electron chi connectivity index (χ1n) is 7.74. The number of benzene rings is 2. The van der Waals surface area contributed by atoms with E-state index in [1.165, 1.54) is 0 Å². The predicted octanol–water partition coefficient (Wildman–Crippen LogP) is 2.70. The number of hydrogen-bond donors (Lipinski definition) is 1. The van der Waals surface area contributed by atoms with Gasteiger partial charge in [-0.15, -0.1) is 5.10 Å². The second kappa shape index (κ2) is 6.29. The minimum atomic E-state index is -3.68. The van der Waals surface area contributed by atoms with Gasteiger partial charge in [0.15, 0.2) is 5.82 Å². The number of tetrazole rings is 1. The fourth-order valence-corrected chi connectivity index (χ4v) is 3.94. The minimum absolute atomic E-state index is 0.263. The molecule has 0 bridgehead atoms. The van der Waals surface area contributed by atoms with Crippen LogP contribution in [0.25, 0.3) is 5.69 Å². The van der Waals surface area contributed by atoms with Gasteiger partial charge in [0.2, 0.25) is 0 Å². The topological polar surface area (TPSA) is 89.8 Å². The van der Waals surface area contributed by atoms with Crippen LogP contribution in [0.3, 0.4) is 0 Å². The molecule has 2 aromatic carbocycles. The molecule has 0 atom stereocenters. The Morgan fingerprint density at radius 3 is 2.36 bits per heavy atom. The van der Waals surface area contributed by atoms with Gasteiger partial charge < -0.3 is 0 Å². The van der Waals surface area contributed by atoms with E-state index in [2.05, 4.69) is 20.2 Å². The van der Waals surface area contributed by atoms with Gasteiger partial charge in [-0.25, -0.2) is 8.42 Å². The van der Waals surface area contributed by atoms with Crippen LogP contribution < -0.4 is 4.72 Å². The van der Waals surface area contributed by atoms with E-state index in [4.69, 9.17) is 0 Å². The van der Waals surface area contributed by atoms with Gasteiger partial charge in [0.05, 0.1) is 16.3 Å².